The lowest BCUT2D eigenvalue weighted by atomic mass is 10.2. The van der Waals surface area contributed by atoms with Crippen molar-refractivity contribution in [2.24, 2.45) is 0 Å². The zero-order chi connectivity index (χ0) is 8.65. The molecule has 0 aliphatic heterocycles. The molecule has 0 atom stereocenters. The summed E-state index contributed by atoms with van der Waals surface area (Å²) in [4.78, 5) is 0. The highest BCUT2D eigenvalue weighted by Gasteiger charge is 2.18. The second kappa shape index (κ2) is 6.01. The molecule has 0 aromatic rings. The van der Waals surface area contributed by atoms with Gasteiger partial charge < -0.3 is 5.32 Å². The van der Waals surface area contributed by atoms with Crippen LogP contribution in [0.1, 0.15) is 32.1 Å². The highest BCUT2D eigenvalue weighted by Crippen LogP contribution is 2.18. The maximum absolute atomic E-state index is 3.68. The van der Waals surface area contributed by atoms with E-state index in [-0.39, 0.29) is 0 Å². The molecule has 0 amide bonds. The summed E-state index contributed by atoms with van der Waals surface area (Å²) in [5, 5.41) is 3.48. The third-order valence-corrected chi connectivity index (χ3v) is 2.03. The second-order valence-electron chi connectivity index (χ2n) is 3.35. The van der Waals surface area contributed by atoms with Gasteiger partial charge in [0.15, 0.2) is 0 Å². The third kappa shape index (κ3) is 5.14. The maximum Gasteiger partial charge on any atom is 0.00683 e. The van der Waals surface area contributed by atoms with E-state index >= 15 is 0 Å². The van der Waals surface area contributed by atoms with Gasteiger partial charge in [-0.05, 0) is 38.6 Å². The van der Waals surface area contributed by atoms with E-state index in [0.29, 0.717) is 0 Å². The first-order chi connectivity index (χ1) is 5.93. The van der Waals surface area contributed by atoms with Crippen molar-refractivity contribution in [3.05, 3.63) is 24.8 Å². The van der Waals surface area contributed by atoms with Crippen molar-refractivity contribution in [2.45, 2.75) is 38.1 Å². The molecule has 12 heavy (non-hydrogen) atoms. The summed E-state index contributed by atoms with van der Waals surface area (Å²) < 4.78 is 0. The molecular formula is C11H19N. The molecule has 1 saturated carbocycles. The maximum atomic E-state index is 3.68. The number of nitrogens with one attached hydrogen (secondary N) is 1. The lowest BCUT2D eigenvalue weighted by Crippen LogP contribution is -2.16. The molecule has 68 valence electrons. The SMILES string of the molecule is C=CCCC=CCCNC1CC1. The van der Waals surface area contributed by atoms with E-state index in [1.807, 2.05) is 6.08 Å². The molecule has 1 aliphatic carbocycles. The summed E-state index contributed by atoms with van der Waals surface area (Å²) in [6.45, 7) is 4.83. The summed E-state index contributed by atoms with van der Waals surface area (Å²) in [7, 11) is 0. The average molecular weight is 165 g/mol. The number of allylic oxidation sites excluding steroid dienone is 2. The van der Waals surface area contributed by atoms with Gasteiger partial charge in [-0.1, -0.05) is 18.2 Å². The van der Waals surface area contributed by atoms with Crippen LogP contribution in [-0.4, -0.2) is 12.6 Å². The van der Waals surface area contributed by atoms with Gasteiger partial charge >= 0.3 is 0 Å². The lowest BCUT2D eigenvalue weighted by molar-refractivity contribution is 0.689. The van der Waals surface area contributed by atoms with E-state index in [1.165, 1.54) is 19.3 Å². The Kier molecular flexibility index (Phi) is 4.77. The molecule has 1 fully saturated rings. The van der Waals surface area contributed by atoms with E-state index in [1.54, 1.807) is 0 Å². The first-order valence-corrected chi connectivity index (χ1v) is 4.93. The Hall–Kier alpha value is -0.560. The zero-order valence-electron chi connectivity index (χ0n) is 7.76. The Bertz CT molecular complexity index is 145. The van der Waals surface area contributed by atoms with E-state index in [4.69, 9.17) is 0 Å². The summed E-state index contributed by atoms with van der Waals surface area (Å²) >= 11 is 0. The van der Waals surface area contributed by atoms with Gasteiger partial charge in [0.05, 0.1) is 0 Å². The first kappa shape index (κ1) is 9.53. The minimum Gasteiger partial charge on any atom is -0.314 e. The van der Waals surface area contributed by atoms with Crippen LogP contribution in [0, 0.1) is 0 Å². The van der Waals surface area contributed by atoms with Gasteiger partial charge in [-0.3, -0.25) is 0 Å². The highest BCUT2D eigenvalue weighted by molar-refractivity contribution is 4.86. The Morgan fingerprint density at radius 1 is 1.17 bits per heavy atom. The van der Waals surface area contributed by atoms with Crippen molar-refractivity contribution in [2.75, 3.05) is 6.54 Å². The fourth-order valence-electron chi connectivity index (χ4n) is 1.11. The first-order valence-electron chi connectivity index (χ1n) is 4.93. The smallest absolute Gasteiger partial charge is 0.00683 e. The minimum atomic E-state index is 0.853. The fourth-order valence-corrected chi connectivity index (χ4v) is 1.11. The predicted molar refractivity (Wildman–Crippen MR) is 54.2 cm³/mol. The van der Waals surface area contributed by atoms with Crippen LogP contribution in [0.4, 0.5) is 0 Å². The summed E-state index contributed by atoms with van der Waals surface area (Å²) in [6, 6.07) is 0.853. The Balaban J connectivity index is 1.79. The van der Waals surface area contributed by atoms with Crippen LogP contribution in [0.5, 0.6) is 0 Å². The van der Waals surface area contributed by atoms with Gasteiger partial charge in [-0.2, -0.15) is 0 Å². The quantitative estimate of drug-likeness (QED) is 0.452. The molecule has 0 heterocycles. The van der Waals surface area contributed by atoms with Crippen LogP contribution in [0.15, 0.2) is 24.8 Å². The van der Waals surface area contributed by atoms with Crippen LogP contribution in [0.3, 0.4) is 0 Å². The monoisotopic (exact) mass is 165 g/mol. The van der Waals surface area contributed by atoms with Gasteiger partial charge in [0, 0.05) is 6.04 Å². The van der Waals surface area contributed by atoms with Crippen molar-refractivity contribution in [1.82, 2.24) is 5.32 Å². The molecular weight excluding hydrogens is 146 g/mol. The van der Waals surface area contributed by atoms with Gasteiger partial charge in [-0.25, -0.2) is 0 Å². The van der Waals surface area contributed by atoms with Crippen molar-refractivity contribution in [3.8, 4) is 0 Å². The van der Waals surface area contributed by atoms with E-state index in [2.05, 4.69) is 24.0 Å². The van der Waals surface area contributed by atoms with Gasteiger partial charge in [0.25, 0.3) is 0 Å². The summed E-state index contributed by atoms with van der Waals surface area (Å²) in [6.07, 6.45) is 12.7. The Morgan fingerprint density at radius 3 is 2.58 bits per heavy atom. The molecule has 0 aromatic heterocycles. The lowest BCUT2D eigenvalue weighted by Gasteiger charge is -1.96. The fraction of sp³-hybridized carbons (Fsp3) is 0.636. The molecule has 0 aromatic carbocycles. The Morgan fingerprint density at radius 2 is 1.92 bits per heavy atom. The van der Waals surface area contributed by atoms with Crippen molar-refractivity contribution in [3.63, 3.8) is 0 Å². The summed E-state index contributed by atoms with van der Waals surface area (Å²) in [5.74, 6) is 0. The molecule has 1 nitrogen and oxygen atoms in total. The van der Waals surface area contributed by atoms with Crippen molar-refractivity contribution >= 4 is 0 Å². The van der Waals surface area contributed by atoms with E-state index in [0.717, 1.165) is 25.4 Å². The van der Waals surface area contributed by atoms with Crippen molar-refractivity contribution in [1.29, 1.82) is 0 Å². The largest absolute Gasteiger partial charge is 0.314 e. The zero-order valence-corrected chi connectivity index (χ0v) is 7.76. The highest BCUT2D eigenvalue weighted by atomic mass is 14.9. The molecule has 0 saturated heterocycles. The van der Waals surface area contributed by atoms with Crippen LogP contribution < -0.4 is 5.32 Å². The second-order valence-corrected chi connectivity index (χ2v) is 3.35. The topological polar surface area (TPSA) is 12.0 Å². The van der Waals surface area contributed by atoms with E-state index < -0.39 is 0 Å². The molecule has 1 aliphatic rings. The molecule has 0 unspecified atom stereocenters. The van der Waals surface area contributed by atoms with Crippen LogP contribution in [-0.2, 0) is 0 Å². The number of hydrogen-bond donors (Lipinski definition) is 1. The molecule has 1 rings (SSSR count). The van der Waals surface area contributed by atoms with Gasteiger partial charge in [0.2, 0.25) is 0 Å². The molecule has 0 bridgehead atoms. The predicted octanol–water partition coefficient (Wildman–Crippen LogP) is 2.65. The standard InChI is InChI=1S/C11H19N/c1-2-3-4-5-6-7-10-12-11-8-9-11/h2,5-6,11-12H,1,3-4,7-10H2. The number of unbranched alkanes of at least 4 members (excludes halogenated alkanes) is 1. The number of rotatable bonds is 7. The van der Waals surface area contributed by atoms with Crippen LogP contribution in [0.2, 0.25) is 0 Å². The normalized spacial score (nSPS) is 17.0. The Labute approximate surface area is 75.6 Å². The molecule has 0 radical (unpaired) electrons. The molecule has 0 spiro atoms. The third-order valence-electron chi connectivity index (χ3n) is 2.03. The average Bonchev–Trinajstić information content (AvgIpc) is 2.87. The van der Waals surface area contributed by atoms with Crippen LogP contribution in [0.25, 0.3) is 0 Å². The summed E-state index contributed by atoms with van der Waals surface area (Å²) in [5.41, 5.74) is 0. The number of hydrogen-bond acceptors (Lipinski definition) is 1. The van der Waals surface area contributed by atoms with Crippen molar-refractivity contribution < 1.29 is 0 Å². The van der Waals surface area contributed by atoms with Gasteiger partial charge in [-0.15, -0.1) is 6.58 Å². The van der Waals surface area contributed by atoms with Gasteiger partial charge in [0.1, 0.15) is 0 Å². The molecule has 1 heteroatoms. The minimum absolute atomic E-state index is 0.853. The van der Waals surface area contributed by atoms with E-state index in [9.17, 15) is 0 Å². The molecule has 1 N–H and O–H groups in total. The van der Waals surface area contributed by atoms with Crippen LogP contribution >= 0.6 is 0 Å².